The molecular weight excluding hydrogens is 591 g/mol. The average Bonchev–Trinajstić information content (AvgIpc) is 3.62. The zero-order valence-electron chi connectivity index (χ0n) is 20.1. The molecule has 210 valence electrons. The predicted octanol–water partition coefficient (Wildman–Crippen LogP) is -2.36. The lowest BCUT2D eigenvalue weighted by Crippen LogP contribution is -2.71. The number of nitrogens with two attached hydrogens (primary N) is 2. The Bertz CT molecular complexity index is 1580. The number of carbonyl (C=O) groups excluding carboxylic acids is 4. The number of β-lactam (4-membered cyclic amide) rings is 1. The molecule has 2 atom stereocenters. The van der Waals surface area contributed by atoms with Crippen LogP contribution in [0.15, 0.2) is 34.2 Å². The van der Waals surface area contributed by atoms with Gasteiger partial charge in [0.1, 0.15) is 36.9 Å². The molecule has 0 aliphatic carbocycles. The lowest BCUT2D eigenvalue weighted by molar-refractivity contribution is -0.695. The number of rotatable bonds is 10. The van der Waals surface area contributed by atoms with Crippen LogP contribution < -0.4 is 31.8 Å². The number of thiazole rings is 1. The number of amides is 4. The molecule has 0 saturated carbocycles. The van der Waals surface area contributed by atoms with Crippen molar-refractivity contribution < 1.29 is 38.1 Å². The highest BCUT2D eigenvalue weighted by Crippen LogP contribution is 2.40. The normalized spacial score (nSPS) is 18.9. The first kappa shape index (κ1) is 27.3. The predicted molar refractivity (Wildman–Crippen MR) is 137 cm³/mol. The number of carboxylic acids is 1. The number of imidazole rings is 1. The number of hydrogen-bond donors (Lipinski definition) is 4. The third kappa shape index (κ3) is 5.02. The lowest BCUT2D eigenvalue weighted by Gasteiger charge is -2.50. The van der Waals surface area contributed by atoms with Crippen molar-refractivity contribution >= 4 is 74.1 Å². The molecule has 5 heterocycles. The largest absolute Gasteiger partial charge is 0.543 e. The number of anilines is 1. The number of aromatic nitrogens is 4. The van der Waals surface area contributed by atoms with E-state index < -0.39 is 47.8 Å². The van der Waals surface area contributed by atoms with Gasteiger partial charge in [0.25, 0.3) is 24.5 Å². The third-order valence-electron chi connectivity index (χ3n) is 5.89. The van der Waals surface area contributed by atoms with Crippen molar-refractivity contribution in [3.63, 3.8) is 0 Å². The number of nitrogens with one attached hydrogen (secondary N) is 2. The number of nitrogens with zero attached hydrogens (tertiary/aromatic N) is 6. The summed E-state index contributed by atoms with van der Waals surface area (Å²) in [7, 11) is 0. The summed E-state index contributed by atoms with van der Waals surface area (Å²) in [5.74, 6) is -2.59. The van der Waals surface area contributed by atoms with Gasteiger partial charge in [-0.25, -0.2) is 13.8 Å². The van der Waals surface area contributed by atoms with Crippen LogP contribution in [-0.2, 0) is 32.3 Å². The Balaban J connectivity index is 1.37. The molecule has 0 radical (unpaired) electrons. The maximum absolute atomic E-state index is 13.1. The van der Waals surface area contributed by atoms with Crippen molar-refractivity contribution in [3.05, 3.63) is 40.7 Å². The van der Waals surface area contributed by atoms with Gasteiger partial charge in [0.15, 0.2) is 5.13 Å². The summed E-state index contributed by atoms with van der Waals surface area (Å²) in [6.45, 7) is -1.16. The summed E-state index contributed by atoms with van der Waals surface area (Å²) in [4.78, 5) is 59.5. The molecule has 40 heavy (non-hydrogen) atoms. The van der Waals surface area contributed by atoms with Crippen LogP contribution in [-0.4, -0.2) is 72.2 Å². The van der Waals surface area contributed by atoms with Gasteiger partial charge in [0.2, 0.25) is 16.4 Å². The Kier molecular flexibility index (Phi) is 7.54. The first-order valence-corrected chi connectivity index (χ1v) is 13.9. The van der Waals surface area contributed by atoms with E-state index in [0.717, 1.165) is 21.3 Å². The molecule has 16 nitrogen and oxygen atoms in total. The molecule has 1 fully saturated rings. The van der Waals surface area contributed by atoms with Gasteiger partial charge in [-0.05, 0) is 0 Å². The molecule has 20 heteroatoms. The van der Waals surface area contributed by atoms with Crippen LogP contribution in [0, 0.1) is 0 Å². The van der Waals surface area contributed by atoms with Crippen LogP contribution >= 0.6 is 34.6 Å². The second-order valence-electron chi connectivity index (χ2n) is 8.24. The van der Waals surface area contributed by atoms with E-state index in [0.29, 0.717) is 11.4 Å². The molecule has 0 aromatic carbocycles. The van der Waals surface area contributed by atoms with Gasteiger partial charge in [-0.3, -0.25) is 14.5 Å². The number of carboxylic acid groups (broad SMARTS) is 1. The monoisotopic (exact) mass is 610 g/mol. The molecule has 2 aliphatic heterocycles. The Morgan fingerprint density at radius 1 is 1.38 bits per heavy atom. The third-order valence-corrected chi connectivity index (χ3v) is 8.58. The smallest absolute Gasteiger partial charge is 0.312 e. The molecule has 0 bridgehead atoms. The van der Waals surface area contributed by atoms with Gasteiger partial charge >= 0.3 is 6.03 Å². The minimum absolute atomic E-state index is 0.0234. The fourth-order valence-corrected chi connectivity index (χ4v) is 6.81. The van der Waals surface area contributed by atoms with Gasteiger partial charge in [-0.15, -0.1) is 11.8 Å². The summed E-state index contributed by atoms with van der Waals surface area (Å²) in [6, 6.07) is -1.84. The van der Waals surface area contributed by atoms with Crippen LogP contribution in [0.25, 0.3) is 4.83 Å². The van der Waals surface area contributed by atoms with E-state index in [4.69, 9.17) is 11.5 Å². The van der Waals surface area contributed by atoms with E-state index >= 15 is 0 Å². The summed E-state index contributed by atoms with van der Waals surface area (Å²) >= 11 is 3.44. The number of urea groups is 1. The second kappa shape index (κ2) is 11.1. The van der Waals surface area contributed by atoms with E-state index in [1.807, 2.05) is 9.78 Å². The Hall–Kier alpha value is -4.30. The van der Waals surface area contributed by atoms with E-state index in [2.05, 4.69) is 30.0 Å². The number of alkyl halides is 1. The highest BCUT2D eigenvalue weighted by molar-refractivity contribution is 8.00. The first-order valence-electron chi connectivity index (χ1n) is 11.2. The van der Waals surface area contributed by atoms with Gasteiger partial charge in [-0.1, -0.05) is 16.5 Å². The molecule has 0 unspecified atom stereocenters. The van der Waals surface area contributed by atoms with Crippen LogP contribution in [0.3, 0.4) is 0 Å². The molecule has 5 rings (SSSR count). The minimum atomic E-state index is -1.56. The molecule has 0 spiro atoms. The van der Waals surface area contributed by atoms with E-state index in [1.165, 1.54) is 23.1 Å². The molecule has 3 aromatic rings. The number of carbonyl (C=O) groups is 4. The zero-order chi connectivity index (χ0) is 28.6. The molecule has 6 N–H and O–H groups in total. The number of fused-ring (bicyclic) bond motifs is 2. The van der Waals surface area contributed by atoms with Gasteiger partial charge < -0.3 is 36.8 Å². The number of halogens is 1. The average molecular weight is 611 g/mol. The number of oxime groups is 1. The fourth-order valence-electron chi connectivity index (χ4n) is 4.25. The van der Waals surface area contributed by atoms with Crippen molar-refractivity contribution in [1.82, 2.24) is 29.3 Å². The number of nitrogen functional groups attached to an aromatic ring is 1. The molecule has 3 aromatic heterocycles. The summed E-state index contributed by atoms with van der Waals surface area (Å²) in [5, 5.41) is 21.7. The topological polar surface area (TPSA) is 226 Å². The highest BCUT2D eigenvalue weighted by Gasteiger charge is 2.53. The van der Waals surface area contributed by atoms with E-state index in [1.54, 1.807) is 17.0 Å². The number of primary amides is 1. The fraction of sp³-hybridized carbons (Fsp3) is 0.300. The Labute approximate surface area is 235 Å². The molecule has 4 amide bonds. The van der Waals surface area contributed by atoms with Crippen LogP contribution in [0.4, 0.5) is 14.3 Å². The summed E-state index contributed by atoms with van der Waals surface area (Å²) in [6.07, 6.45) is 3.59. The maximum atomic E-state index is 13.1. The van der Waals surface area contributed by atoms with Crippen LogP contribution in [0.5, 0.6) is 0 Å². The lowest BCUT2D eigenvalue weighted by atomic mass is 10.0. The Morgan fingerprint density at radius 2 is 2.17 bits per heavy atom. The van der Waals surface area contributed by atoms with E-state index in [-0.39, 0.29) is 35.5 Å². The van der Waals surface area contributed by atoms with Gasteiger partial charge in [0.05, 0.1) is 11.7 Å². The van der Waals surface area contributed by atoms with Crippen LogP contribution in [0.1, 0.15) is 11.6 Å². The highest BCUT2D eigenvalue weighted by atomic mass is 32.2. The van der Waals surface area contributed by atoms with Gasteiger partial charge in [0, 0.05) is 28.2 Å². The maximum Gasteiger partial charge on any atom is 0.312 e. The van der Waals surface area contributed by atoms with Crippen molar-refractivity contribution in [1.29, 1.82) is 0 Å². The number of thioether (sulfide) groups is 1. The Morgan fingerprint density at radius 3 is 2.85 bits per heavy atom. The summed E-state index contributed by atoms with van der Waals surface area (Å²) < 4.78 is 20.0. The SMILES string of the molecule is NC(=O)NCc1n2ccsc2c[n+]1CC1=C(C(=O)[O-])N2C(=O)[C@@H](NC(=O)/C(=N\OCF)c3nsc(N)n3)[C@H]2SC1. The quantitative estimate of drug-likeness (QED) is 0.0826. The van der Waals surface area contributed by atoms with Crippen molar-refractivity contribution in [2.75, 3.05) is 18.3 Å². The standard InChI is InChI=1S/C20H19FN10O6S3/c21-7-37-27-11(14-26-20(23)40-28-14)15(32)25-12-16(33)31-13(18(34)35)8(6-39-17(12)31)4-29-5-10-30(1-2-38-10)9(29)3-24-19(22)36/h1-2,5,12,17H,3-4,6-7H2,(H6-,22,23,24,25,26,28,32,34,35,36)/b27-11-/t12-,17-/m1/s1. The molecule has 2 aliphatic rings. The summed E-state index contributed by atoms with van der Waals surface area (Å²) in [5.41, 5.74) is 10.4. The molecular formula is C20H19FN10O6S3. The second-order valence-corrected chi connectivity index (χ2v) is 11.1. The van der Waals surface area contributed by atoms with Crippen LogP contribution in [0.2, 0.25) is 0 Å². The molecule has 1 saturated heterocycles. The first-order chi connectivity index (χ1) is 19.2. The number of aliphatic carboxylic acids is 1. The number of hydrogen-bond acceptors (Lipinski definition) is 13. The van der Waals surface area contributed by atoms with Gasteiger partial charge in [-0.2, -0.15) is 13.8 Å². The van der Waals surface area contributed by atoms with E-state index in [9.17, 15) is 28.7 Å². The van der Waals surface area contributed by atoms with Crippen molar-refractivity contribution in [3.8, 4) is 0 Å². The zero-order valence-corrected chi connectivity index (χ0v) is 22.6. The van der Waals surface area contributed by atoms with Crippen molar-refractivity contribution in [2.45, 2.75) is 24.5 Å². The minimum Gasteiger partial charge on any atom is -0.543 e. The van der Waals surface area contributed by atoms with Crippen molar-refractivity contribution in [2.24, 2.45) is 10.9 Å².